The summed E-state index contributed by atoms with van der Waals surface area (Å²) in [6.45, 7) is 6.18. The number of nitro groups is 1. The van der Waals surface area contributed by atoms with E-state index in [1.54, 1.807) is 25.7 Å². The van der Waals surface area contributed by atoms with Crippen molar-refractivity contribution in [1.29, 1.82) is 0 Å². The molecule has 0 radical (unpaired) electrons. The van der Waals surface area contributed by atoms with Gasteiger partial charge in [-0.05, 0) is 33.6 Å². The van der Waals surface area contributed by atoms with Gasteiger partial charge in [0.05, 0.1) is 11.0 Å². The summed E-state index contributed by atoms with van der Waals surface area (Å²) in [4.78, 5) is 34.8. The molecule has 1 aliphatic rings. The van der Waals surface area contributed by atoms with Crippen LogP contribution in [0.15, 0.2) is 6.20 Å². The molecular weight excluding hydrogens is 327 g/mol. The Bertz CT molecular complexity index is 635. The molecule has 1 aromatic rings. The van der Waals surface area contributed by atoms with Crippen LogP contribution < -0.4 is 18.9 Å². The van der Waals surface area contributed by atoms with Gasteiger partial charge < -0.3 is 16.2 Å². The summed E-state index contributed by atoms with van der Waals surface area (Å²) in [7, 11) is 0. The van der Waals surface area contributed by atoms with Gasteiger partial charge in [0.2, 0.25) is 5.69 Å². The predicted octanol–water partition coefficient (Wildman–Crippen LogP) is -0.822. The monoisotopic (exact) mass is 348 g/mol. The third-order valence-corrected chi connectivity index (χ3v) is 3.60. The average molecular weight is 348 g/mol. The second-order valence-electron chi connectivity index (χ2n) is 6.60. The summed E-state index contributed by atoms with van der Waals surface area (Å²) in [6, 6.07) is -0.199. The molecule has 1 aliphatic heterocycles. The number of ether oxygens (including phenoxy) is 1. The van der Waals surface area contributed by atoms with Gasteiger partial charge >= 0.3 is 36.6 Å². The van der Waals surface area contributed by atoms with E-state index in [-0.39, 0.29) is 26.3 Å². The zero-order chi connectivity index (χ0) is 18.1. The van der Waals surface area contributed by atoms with E-state index >= 15 is 0 Å². The molecule has 2 heterocycles. The summed E-state index contributed by atoms with van der Waals surface area (Å²) in [5.41, 5.74) is -1.68. The Morgan fingerprint density at radius 2 is 1.96 bits per heavy atom. The molecule has 2 rings (SSSR count). The minimum absolute atomic E-state index is 0. The van der Waals surface area contributed by atoms with E-state index in [0.717, 1.165) is 6.20 Å². The van der Waals surface area contributed by atoms with Crippen molar-refractivity contribution in [3.05, 3.63) is 22.0 Å². The van der Waals surface area contributed by atoms with Crippen molar-refractivity contribution in [2.45, 2.75) is 45.3 Å². The molecule has 11 heteroatoms. The molecule has 0 saturated carbocycles. The zero-order valence-corrected chi connectivity index (χ0v) is 14.8. The fourth-order valence-electron chi connectivity index (χ4n) is 2.49. The van der Waals surface area contributed by atoms with E-state index in [0.29, 0.717) is 25.9 Å². The van der Waals surface area contributed by atoms with E-state index in [4.69, 9.17) is 9.84 Å². The number of hydrogen-bond acceptors (Lipinski definition) is 6. The van der Waals surface area contributed by atoms with Crippen LogP contribution in [-0.2, 0) is 4.74 Å². The second kappa shape index (κ2) is 7.89. The minimum atomic E-state index is -1.44. The van der Waals surface area contributed by atoms with Gasteiger partial charge in [-0.1, -0.05) is 0 Å². The molecule has 1 aromatic heterocycles. The summed E-state index contributed by atoms with van der Waals surface area (Å²) in [5.74, 6) is -1.44. The maximum Gasteiger partial charge on any atom is 1.00 e. The number of carbonyl (C=O) groups is 2. The number of carboxylic acid groups (broad SMARTS) is 1. The Hall–Kier alpha value is -2.05. The quantitative estimate of drug-likeness (QED) is 0.429. The molecule has 1 fully saturated rings. The van der Waals surface area contributed by atoms with Crippen molar-refractivity contribution in [1.82, 2.24) is 14.7 Å². The van der Waals surface area contributed by atoms with Gasteiger partial charge in [-0.25, -0.2) is 9.59 Å². The molecule has 0 spiro atoms. The Balaban J connectivity index is 0.00000312. The molecule has 1 amide bonds. The fraction of sp³-hybridized carbons (Fsp3) is 0.643. The van der Waals surface area contributed by atoms with Crippen LogP contribution in [-0.4, -0.2) is 55.5 Å². The predicted molar refractivity (Wildman–Crippen MR) is 83.0 cm³/mol. The summed E-state index contributed by atoms with van der Waals surface area (Å²) in [6.07, 6.45) is 1.75. The number of carbonyl (C=O) groups excluding carboxylic acids is 1. The number of nitrogens with zero attached hydrogens (tertiary/aromatic N) is 4. The third kappa shape index (κ3) is 5.21. The third-order valence-electron chi connectivity index (χ3n) is 3.60. The van der Waals surface area contributed by atoms with E-state index in [2.05, 4.69) is 5.10 Å². The van der Waals surface area contributed by atoms with Crippen molar-refractivity contribution in [3.63, 3.8) is 0 Å². The summed E-state index contributed by atoms with van der Waals surface area (Å²) in [5, 5.41) is 23.7. The second-order valence-corrected chi connectivity index (χ2v) is 6.60. The Morgan fingerprint density at radius 3 is 2.36 bits per heavy atom. The van der Waals surface area contributed by atoms with Crippen LogP contribution in [0.2, 0.25) is 0 Å². The van der Waals surface area contributed by atoms with Crippen molar-refractivity contribution in [3.8, 4) is 0 Å². The number of amides is 1. The normalized spacial score (nSPS) is 15.4. The number of aromatic nitrogens is 2. The van der Waals surface area contributed by atoms with Crippen LogP contribution in [0.3, 0.4) is 0 Å². The molecular formula is C14H21LiN4O6. The maximum atomic E-state index is 12.0. The van der Waals surface area contributed by atoms with Crippen molar-refractivity contribution < 1.29 is 44.6 Å². The van der Waals surface area contributed by atoms with Crippen LogP contribution in [0, 0.1) is 10.1 Å². The van der Waals surface area contributed by atoms with Gasteiger partial charge in [0.1, 0.15) is 11.8 Å². The van der Waals surface area contributed by atoms with Crippen LogP contribution >= 0.6 is 0 Å². The molecule has 0 aliphatic carbocycles. The first-order valence-electron chi connectivity index (χ1n) is 7.53. The zero-order valence-electron chi connectivity index (χ0n) is 15.8. The summed E-state index contributed by atoms with van der Waals surface area (Å²) < 4.78 is 6.62. The van der Waals surface area contributed by atoms with Gasteiger partial charge in [-0.3, -0.25) is 14.8 Å². The molecule has 134 valence electrons. The van der Waals surface area contributed by atoms with Crippen LogP contribution in [0.25, 0.3) is 0 Å². The fourth-order valence-corrected chi connectivity index (χ4v) is 2.49. The van der Waals surface area contributed by atoms with Crippen LogP contribution in [0.1, 0.15) is 51.6 Å². The molecule has 0 unspecified atom stereocenters. The number of hydrogen-bond donors (Lipinski definition) is 1. The molecule has 1 N–H and O–H groups in total. The maximum absolute atomic E-state index is 12.0. The topological polar surface area (TPSA) is 128 Å². The summed E-state index contributed by atoms with van der Waals surface area (Å²) >= 11 is 0. The first-order chi connectivity index (χ1) is 11.1. The van der Waals surface area contributed by atoms with E-state index in [9.17, 15) is 19.7 Å². The van der Waals surface area contributed by atoms with Crippen LogP contribution in [0.4, 0.5) is 10.5 Å². The van der Waals surface area contributed by atoms with Gasteiger partial charge in [0.15, 0.2) is 0 Å². The van der Waals surface area contributed by atoms with Gasteiger partial charge in [0.25, 0.3) is 0 Å². The number of piperidine rings is 1. The number of aromatic carboxylic acids is 1. The number of carboxylic acids is 1. The molecule has 0 bridgehead atoms. The Labute approximate surface area is 157 Å². The Morgan fingerprint density at radius 1 is 1.40 bits per heavy atom. The van der Waals surface area contributed by atoms with Gasteiger partial charge in [-0.15, -0.1) is 0 Å². The molecule has 0 atom stereocenters. The van der Waals surface area contributed by atoms with E-state index < -0.39 is 34.0 Å². The van der Waals surface area contributed by atoms with Crippen molar-refractivity contribution >= 4 is 17.7 Å². The number of likely N-dealkylation sites (tertiary alicyclic amines) is 1. The first-order valence-corrected chi connectivity index (χ1v) is 7.53. The average Bonchev–Trinajstić information content (AvgIpc) is 2.91. The van der Waals surface area contributed by atoms with Gasteiger partial charge in [-0.2, -0.15) is 5.10 Å². The van der Waals surface area contributed by atoms with Crippen LogP contribution in [0.5, 0.6) is 0 Å². The molecule has 25 heavy (non-hydrogen) atoms. The molecule has 10 nitrogen and oxygen atoms in total. The molecule has 0 aromatic carbocycles. The largest absolute Gasteiger partial charge is 1.00 e. The smallest absolute Gasteiger partial charge is 1.00 e. The SMILES string of the molecule is CC(C)(C)OC(=O)N1CCC(n2cc([N+](=O)[O-])c(C(=O)O)n2)CC1.[H-].[Li+]. The van der Waals surface area contributed by atoms with Gasteiger partial charge in [0, 0.05) is 13.1 Å². The van der Waals surface area contributed by atoms with Crippen molar-refractivity contribution in [2.75, 3.05) is 13.1 Å². The van der Waals surface area contributed by atoms with Crippen molar-refractivity contribution in [2.24, 2.45) is 0 Å². The first kappa shape index (κ1) is 21.0. The minimum Gasteiger partial charge on any atom is -1.00 e. The van der Waals surface area contributed by atoms with E-state index in [1.165, 1.54) is 4.68 Å². The standard InChI is InChI=1S/C14H20N4O6.Li.H/c1-14(2,3)24-13(21)16-6-4-9(5-7-16)17-8-10(18(22)23)11(15-17)12(19)20;;/h8-9H,4-7H2,1-3H3,(H,19,20);;/q;+1;-1. The number of rotatable bonds is 3. The Kier molecular flexibility index (Phi) is 6.62. The molecule has 1 saturated heterocycles. The van der Waals surface area contributed by atoms with E-state index in [1.807, 2.05) is 0 Å².